The van der Waals surface area contributed by atoms with E-state index in [0.29, 0.717) is 0 Å². The van der Waals surface area contributed by atoms with Crippen LogP contribution in [0.3, 0.4) is 0 Å². The van der Waals surface area contributed by atoms with Gasteiger partial charge in [-0.15, -0.1) is 0 Å². The molecule has 0 unspecified atom stereocenters. The number of sulfone groups is 1. The van der Waals surface area contributed by atoms with Gasteiger partial charge in [-0.05, 0) is 30.7 Å². The Bertz CT molecular complexity index is 386. The minimum Gasteiger partial charge on any atom is -0.251 e. The smallest absolute Gasteiger partial charge is 0.178 e. The average molecular weight is 281 g/mol. The second-order valence-electron chi connectivity index (χ2n) is 2.82. The van der Waals surface area contributed by atoms with Crippen LogP contribution >= 0.6 is 15.9 Å². The van der Waals surface area contributed by atoms with Crippen molar-refractivity contribution in [2.24, 2.45) is 0 Å². The van der Waals surface area contributed by atoms with Gasteiger partial charge in [0.05, 0.1) is 17.3 Å². The third-order valence-corrected chi connectivity index (χ3v) is 4.06. The normalized spacial score (nSPS) is 11.6. The molecule has 0 saturated carbocycles. The van der Waals surface area contributed by atoms with Gasteiger partial charge in [0.1, 0.15) is 0 Å². The van der Waals surface area contributed by atoms with Gasteiger partial charge < -0.3 is 0 Å². The largest absolute Gasteiger partial charge is 0.251 e. The lowest BCUT2D eigenvalue weighted by molar-refractivity contribution is 0.484. The number of halogens is 2. The number of hydrogen-bond acceptors (Lipinski definition) is 2. The van der Waals surface area contributed by atoms with Gasteiger partial charge in [0, 0.05) is 4.47 Å². The van der Waals surface area contributed by atoms with E-state index < -0.39 is 16.5 Å². The van der Waals surface area contributed by atoms with Crippen molar-refractivity contribution in [3.05, 3.63) is 28.7 Å². The first-order valence-corrected chi connectivity index (χ1v) is 6.55. The molecule has 0 fully saturated rings. The first-order chi connectivity index (χ1) is 6.56. The first kappa shape index (κ1) is 11.7. The molecule has 0 saturated heterocycles. The van der Waals surface area contributed by atoms with E-state index in [-0.39, 0.29) is 17.1 Å². The minimum absolute atomic E-state index is 0.0540. The topological polar surface area (TPSA) is 34.1 Å². The van der Waals surface area contributed by atoms with Crippen molar-refractivity contribution >= 4 is 25.8 Å². The average Bonchev–Trinajstić information content (AvgIpc) is 2.16. The minimum atomic E-state index is -3.30. The quantitative estimate of drug-likeness (QED) is 0.850. The fraction of sp³-hybridized carbons (Fsp3) is 0.333. The maximum absolute atomic E-state index is 11.8. The molecule has 0 heterocycles. The van der Waals surface area contributed by atoms with E-state index in [4.69, 9.17) is 0 Å². The third-order valence-electron chi connectivity index (χ3n) is 1.72. The maximum atomic E-state index is 11.8. The van der Waals surface area contributed by atoms with E-state index in [0.717, 1.165) is 4.47 Å². The molecule has 14 heavy (non-hydrogen) atoms. The zero-order valence-corrected chi connectivity index (χ0v) is 9.81. The van der Waals surface area contributed by atoms with Crippen molar-refractivity contribution in [3.63, 3.8) is 0 Å². The van der Waals surface area contributed by atoms with Gasteiger partial charge >= 0.3 is 0 Å². The van der Waals surface area contributed by atoms with Gasteiger partial charge in [-0.25, -0.2) is 8.42 Å². The van der Waals surface area contributed by atoms with E-state index in [2.05, 4.69) is 15.9 Å². The molecular formula is C9H10BrFO2S. The van der Waals surface area contributed by atoms with Crippen molar-refractivity contribution < 1.29 is 12.8 Å². The van der Waals surface area contributed by atoms with Crippen LogP contribution in [0.15, 0.2) is 33.6 Å². The van der Waals surface area contributed by atoms with E-state index in [9.17, 15) is 12.8 Å². The van der Waals surface area contributed by atoms with Crippen molar-refractivity contribution in [2.45, 2.75) is 11.3 Å². The van der Waals surface area contributed by atoms with Crippen LogP contribution in [0, 0.1) is 0 Å². The lowest BCUT2D eigenvalue weighted by atomic mass is 10.4. The summed E-state index contributed by atoms with van der Waals surface area (Å²) in [6, 6.07) is 6.33. The van der Waals surface area contributed by atoms with Crippen LogP contribution in [-0.4, -0.2) is 20.8 Å². The van der Waals surface area contributed by atoms with Gasteiger partial charge in [-0.2, -0.15) is 0 Å². The molecule has 0 aromatic heterocycles. The summed E-state index contributed by atoms with van der Waals surface area (Å²) in [6.07, 6.45) is 0.0540. The molecule has 0 spiro atoms. The Balaban J connectivity index is 2.87. The summed E-state index contributed by atoms with van der Waals surface area (Å²) in [5, 5.41) is 0. The molecular weight excluding hydrogens is 271 g/mol. The van der Waals surface area contributed by atoms with Gasteiger partial charge in [0.25, 0.3) is 0 Å². The second-order valence-corrected chi connectivity index (χ2v) is 5.84. The van der Waals surface area contributed by atoms with Gasteiger partial charge in [-0.1, -0.05) is 15.9 Å². The number of rotatable bonds is 4. The molecule has 0 aliphatic carbocycles. The molecule has 1 rings (SSSR count). The van der Waals surface area contributed by atoms with Crippen molar-refractivity contribution in [3.8, 4) is 0 Å². The summed E-state index contributed by atoms with van der Waals surface area (Å²) in [7, 11) is -3.30. The number of alkyl halides is 1. The number of hydrogen-bond donors (Lipinski definition) is 0. The van der Waals surface area contributed by atoms with Crippen LogP contribution in [-0.2, 0) is 9.84 Å². The Morgan fingerprint density at radius 3 is 2.29 bits per heavy atom. The molecule has 0 N–H and O–H groups in total. The second kappa shape index (κ2) is 4.89. The third kappa shape index (κ3) is 3.06. The Labute approximate surface area is 91.2 Å². The van der Waals surface area contributed by atoms with Gasteiger partial charge in [0.15, 0.2) is 9.84 Å². The van der Waals surface area contributed by atoms with Gasteiger partial charge in [-0.3, -0.25) is 4.39 Å². The summed E-state index contributed by atoms with van der Waals surface area (Å²) in [6.45, 7) is -0.601. The summed E-state index contributed by atoms with van der Waals surface area (Å²) in [5.74, 6) is -0.134. The lowest BCUT2D eigenvalue weighted by Crippen LogP contribution is -2.07. The number of benzene rings is 1. The fourth-order valence-corrected chi connectivity index (χ4v) is 2.54. The van der Waals surface area contributed by atoms with Crippen LogP contribution in [0.25, 0.3) is 0 Å². The Kier molecular flexibility index (Phi) is 4.07. The van der Waals surface area contributed by atoms with Crippen LogP contribution in [0.1, 0.15) is 6.42 Å². The molecule has 5 heteroatoms. The molecule has 78 valence electrons. The molecule has 1 aromatic rings. The van der Waals surface area contributed by atoms with Gasteiger partial charge in [0.2, 0.25) is 0 Å². The molecule has 0 radical (unpaired) electrons. The zero-order valence-electron chi connectivity index (χ0n) is 7.41. The highest BCUT2D eigenvalue weighted by Gasteiger charge is 2.13. The molecule has 2 nitrogen and oxygen atoms in total. The molecule has 0 atom stereocenters. The van der Waals surface area contributed by atoms with E-state index in [1.807, 2.05) is 0 Å². The lowest BCUT2D eigenvalue weighted by Gasteiger charge is -2.02. The summed E-state index contributed by atoms with van der Waals surface area (Å²) < 4.78 is 35.7. The summed E-state index contributed by atoms with van der Waals surface area (Å²) in [5.41, 5.74) is 0. The van der Waals surface area contributed by atoms with E-state index >= 15 is 0 Å². The molecule has 0 aliphatic heterocycles. The Hall–Kier alpha value is -0.420. The molecule has 0 amide bonds. The Morgan fingerprint density at radius 2 is 1.79 bits per heavy atom. The Morgan fingerprint density at radius 1 is 1.21 bits per heavy atom. The highest BCUT2D eigenvalue weighted by atomic mass is 79.9. The SMILES string of the molecule is O=S(=O)(CCCF)c1ccc(Br)cc1. The zero-order chi connectivity index (χ0) is 10.6. The van der Waals surface area contributed by atoms with Crippen LogP contribution in [0.4, 0.5) is 4.39 Å². The van der Waals surface area contributed by atoms with Crippen molar-refractivity contribution in [1.29, 1.82) is 0 Å². The van der Waals surface area contributed by atoms with Crippen LogP contribution in [0.2, 0.25) is 0 Å². The highest BCUT2D eigenvalue weighted by Crippen LogP contribution is 2.16. The van der Waals surface area contributed by atoms with Crippen molar-refractivity contribution in [2.75, 3.05) is 12.4 Å². The monoisotopic (exact) mass is 280 g/mol. The molecule has 0 aliphatic rings. The highest BCUT2D eigenvalue weighted by molar-refractivity contribution is 9.10. The maximum Gasteiger partial charge on any atom is 0.178 e. The molecule has 0 bridgehead atoms. The molecule has 1 aromatic carbocycles. The predicted molar refractivity (Wildman–Crippen MR) is 56.8 cm³/mol. The van der Waals surface area contributed by atoms with Crippen LogP contribution in [0.5, 0.6) is 0 Å². The first-order valence-electron chi connectivity index (χ1n) is 4.10. The standard InChI is InChI=1S/C9H10BrFO2S/c10-8-2-4-9(5-3-8)14(12,13)7-1-6-11/h2-5H,1,6-7H2. The fourth-order valence-electron chi connectivity index (χ4n) is 1.00. The summed E-state index contributed by atoms with van der Waals surface area (Å²) >= 11 is 3.21. The van der Waals surface area contributed by atoms with Crippen LogP contribution < -0.4 is 0 Å². The predicted octanol–water partition coefficient (Wildman–Crippen LogP) is 2.58. The van der Waals surface area contributed by atoms with E-state index in [1.54, 1.807) is 12.1 Å². The van der Waals surface area contributed by atoms with Crippen molar-refractivity contribution in [1.82, 2.24) is 0 Å². The summed E-state index contributed by atoms with van der Waals surface area (Å²) in [4.78, 5) is 0.245. The van der Waals surface area contributed by atoms with E-state index in [1.165, 1.54) is 12.1 Å².